The highest BCUT2D eigenvalue weighted by Gasteiger charge is 2.22. The van der Waals surface area contributed by atoms with E-state index in [0.29, 0.717) is 28.3 Å². The van der Waals surface area contributed by atoms with Crippen LogP contribution in [0.5, 0.6) is 0 Å². The number of nitro groups is 2. The highest BCUT2D eigenvalue weighted by Crippen LogP contribution is 2.32. The number of hydrogen-bond donors (Lipinski definition) is 0. The lowest BCUT2D eigenvalue weighted by Gasteiger charge is -2.11. The molecule has 4 aromatic rings. The SMILES string of the molecule is O=[N+]([O-])c1cc(-c2nnc(SCc3ccc(Cl)cc3)n2Cc2ccccc2)cc([N+](=O)[O-])c1. The molecule has 0 aliphatic rings. The van der Waals surface area contributed by atoms with E-state index in [1.54, 1.807) is 16.7 Å². The molecule has 9 nitrogen and oxygen atoms in total. The first-order valence-corrected chi connectivity index (χ1v) is 11.1. The summed E-state index contributed by atoms with van der Waals surface area (Å²) in [6.45, 7) is 0.391. The lowest BCUT2D eigenvalue weighted by atomic mass is 10.1. The minimum atomic E-state index is -0.662. The molecule has 166 valence electrons. The molecule has 0 amide bonds. The molecule has 0 fully saturated rings. The first-order valence-electron chi connectivity index (χ1n) is 9.69. The molecule has 0 bridgehead atoms. The largest absolute Gasteiger partial charge is 0.298 e. The number of non-ortho nitro benzene ring substituents is 2. The smallest absolute Gasteiger partial charge is 0.277 e. The van der Waals surface area contributed by atoms with Gasteiger partial charge in [0, 0.05) is 28.5 Å². The van der Waals surface area contributed by atoms with Gasteiger partial charge in [0.1, 0.15) is 0 Å². The Morgan fingerprint density at radius 2 is 1.48 bits per heavy atom. The predicted octanol–water partition coefficient (Wildman–Crippen LogP) is 5.76. The van der Waals surface area contributed by atoms with Crippen molar-refractivity contribution in [1.82, 2.24) is 14.8 Å². The number of aromatic nitrogens is 3. The molecule has 0 saturated heterocycles. The second-order valence-corrected chi connectivity index (χ2v) is 8.42. The zero-order valence-electron chi connectivity index (χ0n) is 17.0. The number of halogens is 1. The normalized spacial score (nSPS) is 10.8. The highest BCUT2D eigenvalue weighted by molar-refractivity contribution is 7.98. The molecular formula is C22H16ClN5O4S. The van der Waals surface area contributed by atoms with Crippen LogP contribution >= 0.6 is 23.4 Å². The van der Waals surface area contributed by atoms with Crippen molar-refractivity contribution in [3.63, 3.8) is 0 Å². The molecule has 0 radical (unpaired) electrons. The molecule has 33 heavy (non-hydrogen) atoms. The van der Waals surface area contributed by atoms with Crippen molar-refractivity contribution in [2.75, 3.05) is 0 Å². The summed E-state index contributed by atoms with van der Waals surface area (Å²) in [6.07, 6.45) is 0. The van der Waals surface area contributed by atoms with Crippen LogP contribution < -0.4 is 0 Å². The van der Waals surface area contributed by atoms with Gasteiger partial charge in [-0.2, -0.15) is 0 Å². The molecule has 0 atom stereocenters. The number of nitro benzene ring substituents is 2. The van der Waals surface area contributed by atoms with E-state index in [1.807, 2.05) is 42.5 Å². The molecule has 0 N–H and O–H groups in total. The minimum absolute atomic E-state index is 0.248. The zero-order chi connectivity index (χ0) is 23.4. The van der Waals surface area contributed by atoms with Gasteiger partial charge >= 0.3 is 0 Å². The van der Waals surface area contributed by atoms with Crippen molar-refractivity contribution in [2.24, 2.45) is 0 Å². The second kappa shape index (κ2) is 9.80. The first-order chi connectivity index (χ1) is 15.9. The quantitative estimate of drug-likeness (QED) is 0.178. The predicted molar refractivity (Wildman–Crippen MR) is 125 cm³/mol. The van der Waals surface area contributed by atoms with Crippen LogP contribution in [0.15, 0.2) is 78.0 Å². The lowest BCUT2D eigenvalue weighted by Crippen LogP contribution is -2.05. The van der Waals surface area contributed by atoms with Gasteiger partial charge < -0.3 is 0 Å². The Morgan fingerprint density at radius 1 is 0.848 bits per heavy atom. The number of benzene rings is 3. The van der Waals surface area contributed by atoms with Gasteiger partial charge in [-0.25, -0.2) is 0 Å². The first kappa shape index (κ1) is 22.4. The van der Waals surface area contributed by atoms with Crippen LogP contribution in [0.4, 0.5) is 11.4 Å². The fourth-order valence-corrected chi connectivity index (χ4v) is 4.20. The van der Waals surface area contributed by atoms with Crippen molar-refractivity contribution in [1.29, 1.82) is 0 Å². The number of nitrogens with zero attached hydrogens (tertiary/aromatic N) is 5. The number of rotatable bonds is 8. The van der Waals surface area contributed by atoms with Gasteiger partial charge in [0.15, 0.2) is 11.0 Å². The standard InChI is InChI=1S/C22H16ClN5O4S/c23-18-8-6-16(7-9-18)14-33-22-25-24-21(26(22)13-15-4-2-1-3-5-15)17-10-19(27(29)30)12-20(11-17)28(31)32/h1-12H,13-14H2. The molecule has 0 unspecified atom stereocenters. The van der Waals surface area contributed by atoms with Gasteiger partial charge in [0.05, 0.1) is 22.5 Å². The van der Waals surface area contributed by atoms with E-state index in [0.717, 1.165) is 17.2 Å². The van der Waals surface area contributed by atoms with Crippen molar-refractivity contribution in [3.8, 4) is 11.4 Å². The number of hydrogen-bond acceptors (Lipinski definition) is 7. The maximum absolute atomic E-state index is 11.4. The minimum Gasteiger partial charge on any atom is -0.298 e. The maximum Gasteiger partial charge on any atom is 0.277 e. The summed E-state index contributed by atoms with van der Waals surface area (Å²) in [5.74, 6) is 0.906. The third kappa shape index (κ3) is 5.36. The van der Waals surface area contributed by atoms with Crippen LogP contribution in [0.25, 0.3) is 11.4 Å². The van der Waals surface area contributed by atoms with E-state index in [1.165, 1.54) is 23.9 Å². The van der Waals surface area contributed by atoms with Crippen LogP contribution in [0, 0.1) is 20.2 Å². The number of thioether (sulfide) groups is 1. The Kier molecular flexibility index (Phi) is 6.66. The third-order valence-electron chi connectivity index (χ3n) is 4.76. The molecule has 0 saturated carbocycles. The average Bonchev–Trinajstić information content (AvgIpc) is 3.21. The lowest BCUT2D eigenvalue weighted by molar-refractivity contribution is -0.394. The summed E-state index contributed by atoms with van der Waals surface area (Å²) in [5, 5.41) is 32.4. The van der Waals surface area contributed by atoms with E-state index in [9.17, 15) is 20.2 Å². The van der Waals surface area contributed by atoms with E-state index in [-0.39, 0.29) is 16.9 Å². The van der Waals surface area contributed by atoms with Crippen molar-refractivity contribution >= 4 is 34.7 Å². The zero-order valence-corrected chi connectivity index (χ0v) is 18.6. The third-order valence-corrected chi connectivity index (χ3v) is 6.05. The van der Waals surface area contributed by atoms with Gasteiger partial charge in [0.2, 0.25) is 0 Å². The molecule has 1 heterocycles. The Balaban J connectivity index is 1.75. The van der Waals surface area contributed by atoms with Crippen LogP contribution in [0.1, 0.15) is 11.1 Å². The Morgan fingerprint density at radius 3 is 2.09 bits per heavy atom. The van der Waals surface area contributed by atoms with Gasteiger partial charge in [-0.1, -0.05) is 65.8 Å². The Bertz CT molecular complexity index is 1280. The van der Waals surface area contributed by atoms with Crippen LogP contribution in [-0.2, 0) is 12.3 Å². The summed E-state index contributed by atoms with van der Waals surface area (Å²) in [4.78, 5) is 21.4. The molecule has 11 heteroatoms. The second-order valence-electron chi connectivity index (χ2n) is 7.05. The molecule has 4 rings (SSSR count). The average molecular weight is 482 g/mol. The van der Waals surface area contributed by atoms with Gasteiger partial charge in [0.25, 0.3) is 11.4 Å². The maximum atomic E-state index is 11.4. The summed E-state index contributed by atoms with van der Waals surface area (Å²) >= 11 is 7.40. The van der Waals surface area contributed by atoms with Crippen LogP contribution in [0.3, 0.4) is 0 Å². The van der Waals surface area contributed by atoms with E-state index in [4.69, 9.17) is 11.6 Å². The molecule has 0 aliphatic heterocycles. The monoisotopic (exact) mass is 481 g/mol. The van der Waals surface area contributed by atoms with E-state index in [2.05, 4.69) is 10.2 Å². The molecule has 3 aromatic carbocycles. The highest BCUT2D eigenvalue weighted by atomic mass is 35.5. The van der Waals surface area contributed by atoms with Gasteiger partial charge in [-0.3, -0.25) is 24.8 Å². The fourth-order valence-electron chi connectivity index (χ4n) is 3.18. The molecular weight excluding hydrogens is 466 g/mol. The van der Waals surface area contributed by atoms with Crippen LogP contribution in [0.2, 0.25) is 5.02 Å². The molecule has 0 spiro atoms. The van der Waals surface area contributed by atoms with Crippen LogP contribution in [-0.4, -0.2) is 24.6 Å². The fraction of sp³-hybridized carbons (Fsp3) is 0.0909. The van der Waals surface area contributed by atoms with E-state index >= 15 is 0 Å². The van der Waals surface area contributed by atoms with Crippen molar-refractivity contribution in [2.45, 2.75) is 17.5 Å². The van der Waals surface area contributed by atoms with Gasteiger partial charge in [-0.15, -0.1) is 10.2 Å². The molecule has 1 aromatic heterocycles. The summed E-state index contributed by atoms with van der Waals surface area (Å²) in [5.41, 5.74) is 1.48. The Labute approximate surface area is 197 Å². The summed E-state index contributed by atoms with van der Waals surface area (Å²) < 4.78 is 1.80. The molecule has 0 aliphatic carbocycles. The van der Waals surface area contributed by atoms with E-state index < -0.39 is 9.85 Å². The summed E-state index contributed by atoms with van der Waals surface area (Å²) in [6, 6.07) is 20.5. The summed E-state index contributed by atoms with van der Waals surface area (Å²) in [7, 11) is 0. The topological polar surface area (TPSA) is 117 Å². The Hall–Kier alpha value is -3.76. The van der Waals surface area contributed by atoms with Crippen molar-refractivity contribution in [3.05, 3.63) is 109 Å². The van der Waals surface area contributed by atoms with Crippen molar-refractivity contribution < 1.29 is 9.85 Å². The van der Waals surface area contributed by atoms with Gasteiger partial charge in [-0.05, 0) is 23.3 Å².